The quantitative estimate of drug-likeness (QED) is 0.248. The van der Waals surface area contributed by atoms with Crippen LogP contribution in [0.25, 0.3) is 0 Å². The number of carbonyl (C=O) groups is 1. The Hall–Kier alpha value is -4.51. The van der Waals surface area contributed by atoms with E-state index in [1.54, 1.807) is 65.6 Å². The average molecular weight is 596 g/mol. The molecule has 0 radical (unpaired) electrons. The zero-order valence-electron chi connectivity index (χ0n) is 22.4. The number of benzene rings is 4. The van der Waals surface area contributed by atoms with E-state index in [1.165, 1.54) is 23.1 Å². The minimum absolute atomic E-state index is 0.0387. The number of para-hydroxylation sites is 1. The Balaban J connectivity index is 1.32. The van der Waals surface area contributed by atoms with Gasteiger partial charge in [-0.25, -0.2) is 8.42 Å². The Morgan fingerprint density at radius 2 is 1.36 bits per heavy atom. The Labute approximate surface area is 242 Å². The predicted molar refractivity (Wildman–Crippen MR) is 154 cm³/mol. The van der Waals surface area contributed by atoms with Gasteiger partial charge in [0.2, 0.25) is 5.91 Å². The number of nitrogens with zero attached hydrogens (tertiary/aromatic N) is 3. The maximum Gasteiger partial charge on any atom is 0.416 e. The summed E-state index contributed by atoms with van der Waals surface area (Å²) < 4.78 is 73.8. The second kappa shape index (κ2) is 12.2. The fourth-order valence-corrected chi connectivity index (χ4v) is 6.09. The molecule has 0 N–H and O–H groups in total. The molecule has 0 saturated carbocycles. The molecule has 1 heterocycles. The van der Waals surface area contributed by atoms with Gasteiger partial charge in [0.15, 0.2) is 0 Å². The second-order valence-corrected chi connectivity index (χ2v) is 11.5. The van der Waals surface area contributed by atoms with Gasteiger partial charge in [-0.05, 0) is 66.7 Å². The summed E-state index contributed by atoms with van der Waals surface area (Å²) in [5.74, 6) is 0.709. The molecule has 1 amide bonds. The predicted octanol–water partition coefficient (Wildman–Crippen LogP) is 6.04. The van der Waals surface area contributed by atoms with E-state index in [0.717, 1.165) is 16.4 Å². The molecule has 4 aromatic rings. The van der Waals surface area contributed by atoms with Crippen molar-refractivity contribution in [2.75, 3.05) is 41.9 Å². The first-order valence-electron chi connectivity index (χ1n) is 13.2. The van der Waals surface area contributed by atoms with Crippen LogP contribution in [0.1, 0.15) is 5.56 Å². The molecule has 0 aromatic heterocycles. The number of halogens is 3. The van der Waals surface area contributed by atoms with Gasteiger partial charge in [-0.3, -0.25) is 9.10 Å². The number of ether oxygens (including phenoxy) is 1. The van der Waals surface area contributed by atoms with Gasteiger partial charge in [-0.1, -0.05) is 42.5 Å². The zero-order chi connectivity index (χ0) is 29.7. The van der Waals surface area contributed by atoms with Crippen molar-refractivity contribution in [1.29, 1.82) is 0 Å². The molecule has 4 aromatic carbocycles. The van der Waals surface area contributed by atoms with Crippen molar-refractivity contribution < 1.29 is 31.1 Å². The van der Waals surface area contributed by atoms with Gasteiger partial charge >= 0.3 is 6.18 Å². The van der Waals surface area contributed by atoms with Crippen LogP contribution in [0.15, 0.2) is 114 Å². The number of hydrogen-bond donors (Lipinski definition) is 0. The van der Waals surface area contributed by atoms with E-state index in [0.29, 0.717) is 30.3 Å². The van der Waals surface area contributed by atoms with Gasteiger partial charge < -0.3 is 14.5 Å². The van der Waals surface area contributed by atoms with Crippen molar-refractivity contribution in [2.45, 2.75) is 11.1 Å². The molecule has 0 unspecified atom stereocenters. The van der Waals surface area contributed by atoms with Crippen LogP contribution in [-0.4, -0.2) is 51.9 Å². The average Bonchev–Trinajstić information content (AvgIpc) is 3.01. The highest BCUT2D eigenvalue weighted by atomic mass is 32.2. The van der Waals surface area contributed by atoms with Crippen LogP contribution in [0, 0.1) is 0 Å². The number of sulfonamides is 1. The molecule has 0 aliphatic carbocycles. The topological polar surface area (TPSA) is 70.2 Å². The molecule has 11 heteroatoms. The third kappa shape index (κ3) is 6.68. The lowest BCUT2D eigenvalue weighted by atomic mass is 10.1. The van der Waals surface area contributed by atoms with Gasteiger partial charge in [0.1, 0.15) is 18.0 Å². The highest BCUT2D eigenvalue weighted by molar-refractivity contribution is 7.92. The molecule has 1 saturated heterocycles. The fraction of sp³-hybridized carbons (Fsp3) is 0.194. The molecule has 1 aliphatic heterocycles. The molecule has 7 nitrogen and oxygen atoms in total. The zero-order valence-corrected chi connectivity index (χ0v) is 23.3. The summed E-state index contributed by atoms with van der Waals surface area (Å²) in [5.41, 5.74) is -0.0290. The number of alkyl halides is 3. The third-order valence-corrected chi connectivity index (χ3v) is 8.67. The van der Waals surface area contributed by atoms with Crippen LogP contribution in [0.5, 0.6) is 11.5 Å². The van der Waals surface area contributed by atoms with Crippen molar-refractivity contribution in [1.82, 2.24) is 4.90 Å². The summed E-state index contributed by atoms with van der Waals surface area (Å²) in [6, 6.07) is 28.5. The molecule has 1 fully saturated rings. The van der Waals surface area contributed by atoms with Crippen molar-refractivity contribution in [3.63, 3.8) is 0 Å². The summed E-state index contributed by atoms with van der Waals surface area (Å²) in [6.45, 7) is 0.643. The molecular formula is C31H28F3N3O4S. The Bertz CT molecular complexity index is 1610. The lowest BCUT2D eigenvalue weighted by molar-refractivity contribution is -0.137. The van der Waals surface area contributed by atoms with E-state index in [1.807, 2.05) is 18.2 Å². The van der Waals surface area contributed by atoms with E-state index in [9.17, 15) is 26.4 Å². The van der Waals surface area contributed by atoms with Crippen LogP contribution in [0.4, 0.5) is 24.5 Å². The molecule has 42 heavy (non-hydrogen) atoms. The summed E-state index contributed by atoms with van der Waals surface area (Å²) in [6.07, 6.45) is -4.45. The largest absolute Gasteiger partial charge is 0.457 e. The highest BCUT2D eigenvalue weighted by Gasteiger charge is 2.32. The normalized spacial score (nSPS) is 14.0. The number of rotatable bonds is 8. The van der Waals surface area contributed by atoms with E-state index >= 15 is 0 Å². The Morgan fingerprint density at radius 3 is 1.98 bits per heavy atom. The van der Waals surface area contributed by atoms with Gasteiger partial charge in [0.05, 0.1) is 16.1 Å². The lowest BCUT2D eigenvalue weighted by Gasteiger charge is -2.37. The third-order valence-electron chi connectivity index (χ3n) is 6.88. The first-order valence-corrected chi connectivity index (χ1v) is 14.7. The van der Waals surface area contributed by atoms with Crippen LogP contribution in [-0.2, 0) is 21.0 Å². The fourth-order valence-electron chi connectivity index (χ4n) is 4.66. The summed E-state index contributed by atoms with van der Waals surface area (Å²) in [4.78, 5) is 16.8. The Morgan fingerprint density at radius 1 is 0.762 bits per heavy atom. The van der Waals surface area contributed by atoms with Gasteiger partial charge in [-0.2, -0.15) is 13.2 Å². The SMILES string of the molecule is O=C(CN(c1ccc(Oc2ccccc2)cc1)S(=O)(=O)c1ccccc1)N1CCN(c2cccc(C(F)(F)F)c2)CC1. The molecule has 0 spiro atoms. The van der Waals surface area contributed by atoms with Crippen LogP contribution in [0.3, 0.4) is 0 Å². The maximum absolute atomic E-state index is 13.7. The van der Waals surface area contributed by atoms with Crippen molar-refractivity contribution in [2.24, 2.45) is 0 Å². The minimum atomic E-state index is -4.45. The van der Waals surface area contributed by atoms with Crippen molar-refractivity contribution in [3.05, 3.63) is 115 Å². The van der Waals surface area contributed by atoms with Crippen molar-refractivity contribution in [3.8, 4) is 11.5 Å². The molecule has 5 rings (SSSR count). The standard InChI is InChI=1S/C31H28F3N3O4S/c32-31(33,34)24-8-7-9-26(22-24)35-18-20-36(21-19-35)30(38)23-37(42(39,40)29-12-5-2-6-13-29)25-14-16-28(17-15-25)41-27-10-3-1-4-11-27/h1-17,22H,18-21,23H2. The van der Waals surface area contributed by atoms with Crippen LogP contribution < -0.4 is 13.9 Å². The van der Waals surface area contributed by atoms with E-state index in [4.69, 9.17) is 4.74 Å². The summed E-state index contributed by atoms with van der Waals surface area (Å²) in [5, 5.41) is 0. The number of anilines is 2. The van der Waals surface area contributed by atoms with Crippen LogP contribution in [0.2, 0.25) is 0 Å². The monoisotopic (exact) mass is 595 g/mol. The first-order chi connectivity index (χ1) is 20.1. The van der Waals surface area contributed by atoms with Gasteiger partial charge in [-0.15, -0.1) is 0 Å². The van der Waals surface area contributed by atoms with Gasteiger partial charge in [0.25, 0.3) is 10.0 Å². The number of amides is 1. The highest BCUT2D eigenvalue weighted by Crippen LogP contribution is 2.32. The number of piperazine rings is 1. The molecule has 0 bridgehead atoms. The van der Waals surface area contributed by atoms with E-state index in [-0.39, 0.29) is 23.7 Å². The minimum Gasteiger partial charge on any atom is -0.457 e. The van der Waals surface area contributed by atoms with Crippen molar-refractivity contribution >= 4 is 27.3 Å². The van der Waals surface area contributed by atoms with E-state index < -0.39 is 34.2 Å². The Kier molecular flexibility index (Phi) is 8.39. The summed E-state index contributed by atoms with van der Waals surface area (Å²) >= 11 is 0. The molecule has 0 atom stereocenters. The summed E-state index contributed by atoms with van der Waals surface area (Å²) in [7, 11) is -4.10. The van der Waals surface area contributed by atoms with Crippen LogP contribution >= 0.6 is 0 Å². The lowest BCUT2D eigenvalue weighted by Crippen LogP contribution is -2.52. The second-order valence-electron chi connectivity index (χ2n) is 9.65. The maximum atomic E-state index is 13.7. The number of carbonyl (C=O) groups excluding carboxylic acids is 1. The number of hydrogen-bond acceptors (Lipinski definition) is 5. The first kappa shape index (κ1) is 29.0. The molecule has 218 valence electrons. The smallest absolute Gasteiger partial charge is 0.416 e. The molecular weight excluding hydrogens is 567 g/mol. The van der Waals surface area contributed by atoms with E-state index in [2.05, 4.69) is 0 Å². The van der Waals surface area contributed by atoms with Gasteiger partial charge in [0, 0.05) is 31.9 Å². The molecule has 1 aliphatic rings.